The number of amides is 1. The van der Waals surface area contributed by atoms with Crippen LogP contribution in [0.15, 0.2) is 10.6 Å². The van der Waals surface area contributed by atoms with Crippen LogP contribution in [0.25, 0.3) is 0 Å². The molecule has 0 aliphatic rings. The first-order valence-electron chi connectivity index (χ1n) is 5.92. The van der Waals surface area contributed by atoms with Gasteiger partial charge in [0.05, 0.1) is 0 Å². The quantitative estimate of drug-likeness (QED) is 0.676. The van der Waals surface area contributed by atoms with E-state index in [0.29, 0.717) is 18.7 Å². The Labute approximate surface area is 127 Å². The maximum Gasteiger partial charge on any atom is 0.490 e. The summed E-state index contributed by atoms with van der Waals surface area (Å²) < 4.78 is 36.6. The molecule has 23 heavy (non-hydrogen) atoms. The van der Waals surface area contributed by atoms with E-state index in [9.17, 15) is 22.8 Å². The minimum atomic E-state index is -5.08. The smallest absolute Gasteiger partial charge is 0.480 e. The summed E-state index contributed by atoms with van der Waals surface area (Å²) in [7, 11) is 1.38. The van der Waals surface area contributed by atoms with E-state index in [1.807, 2.05) is 0 Å². The molecule has 1 aromatic heterocycles. The van der Waals surface area contributed by atoms with Crippen molar-refractivity contribution >= 4 is 17.8 Å². The first-order chi connectivity index (χ1) is 10.5. The first-order valence-corrected chi connectivity index (χ1v) is 5.92. The van der Waals surface area contributed by atoms with Gasteiger partial charge in [-0.05, 0) is 6.54 Å². The highest BCUT2D eigenvalue weighted by molar-refractivity contribution is 5.93. The largest absolute Gasteiger partial charge is 0.490 e. The van der Waals surface area contributed by atoms with Crippen LogP contribution in [0.3, 0.4) is 0 Å². The molecule has 0 saturated heterocycles. The summed E-state index contributed by atoms with van der Waals surface area (Å²) in [6.07, 6.45) is -4.59. The van der Waals surface area contributed by atoms with E-state index >= 15 is 0 Å². The van der Waals surface area contributed by atoms with Crippen LogP contribution < -0.4 is 5.73 Å². The number of aliphatic carboxylic acids is 2. The Kier molecular flexibility index (Phi) is 7.73. The topological polar surface area (TPSA) is 147 Å². The Morgan fingerprint density at radius 3 is 2.26 bits per heavy atom. The van der Waals surface area contributed by atoms with Crippen LogP contribution in [-0.4, -0.2) is 64.4 Å². The summed E-state index contributed by atoms with van der Waals surface area (Å²) in [6, 6.07) is 1.47. The highest BCUT2D eigenvalue weighted by Gasteiger charge is 2.38. The molecule has 0 aliphatic heterocycles. The van der Waals surface area contributed by atoms with Crippen LogP contribution in [0.5, 0.6) is 0 Å². The van der Waals surface area contributed by atoms with Crippen molar-refractivity contribution in [1.82, 2.24) is 10.1 Å². The van der Waals surface area contributed by atoms with Crippen LogP contribution in [0.1, 0.15) is 16.2 Å². The molecule has 1 rings (SSSR count). The molecule has 0 atom stereocenters. The molecule has 0 unspecified atom stereocenters. The van der Waals surface area contributed by atoms with Crippen LogP contribution in [0, 0.1) is 0 Å². The SMILES string of the molecule is CN(CC(=O)O)C(=O)c1cc(CCN)on1.O=C(O)C(F)(F)F. The van der Waals surface area contributed by atoms with E-state index in [2.05, 4.69) is 5.16 Å². The lowest BCUT2D eigenvalue weighted by molar-refractivity contribution is -0.192. The second-order valence-electron chi connectivity index (χ2n) is 4.08. The van der Waals surface area contributed by atoms with Gasteiger partial charge in [-0.15, -0.1) is 0 Å². The molecule has 1 amide bonds. The predicted molar refractivity (Wildman–Crippen MR) is 67.5 cm³/mol. The van der Waals surface area contributed by atoms with Crippen LogP contribution >= 0.6 is 0 Å². The minimum absolute atomic E-state index is 0.0900. The van der Waals surface area contributed by atoms with E-state index in [4.69, 9.17) is 25.3 Å². The summed E-state index contributed by atoms with van der Waals surface area (Å²) in [5, 5.41) is 19.2. The van der Waals surface area contributed by atoms with Gasteiger partial charge in [0.2, 0.25) is 0 Å². The predicted octanol–water partition coefficient (Wildman–Crippen LogP) is -0.0343. The molecule has 0 spiro atoms. The van der Waals surface area contributed by atoms with Crippen molar-refractivity contribution in [3.63, 3.8) is 0 Å². The second-order valence-corrected chi connectivity index (χ2v) is 4.08. The third kappa shape index (κ3) is 7.80. The van der Waals surface area contributed by atoms with Gasteiger partial charge in [-0.1, -0.05) is 5.16 Å². The average molecular weight is 341 g/mol. The number of carboxylic acid groups (broad SMARTS) is 2. The van der Waals surface area contributed by atoms with E-state index in [-0.39, 0.29) is 12.2 Å². The van der Waals surface area contributed by atoms with Crippen LogP contribution in [0.4, 0.5) is 13.2 Å². The maximum absolute atomic E-state index is 11.6. The zero-order chi connectivity index (χ0) is 18.2. The van der Waals surface area contributed by atoms with Gasteiger partial charge in [0.15, 0.2) is 5.69 Å². The van der Waals surface area contributed by atoms with Crippen molar-refractivity contribution in [2.45, 2.75) is 12.6 Å². The molecule has 0 bridgehead atoms. The molecular weight excluding hydrogens is 327 g/mol. The normalized spacial score (nSPS) is 10.5. The monoisotopic (exact) mass is 341 g/mol. The third-order valence-corrected chi connectivity index (χ3v) is 2.13. The van der Waals surface area contributed by atoms with Crippen molar-refractivity contribution in [3.05, 3.63) is 17.5 Å². The van der Waals surface area contributed by atoms with Gasteiger partial charge in [0.1, 0.15) is 12.3 Å². The van der Waals surface area contributed by atoms with Gasteiger partial charge < -0.3 is 25.4 Å². The average Bonchev–Trinajstić information content (AvgIpc) is 2.85. The lowest BCUT2D eigenvalue weighted by Gasteiger charge is -2.11. The van der Waals surface area contributed by atoms with E-state index < -0.39 is 24.0 Å². The number of alkyl halides is 3. The van der Waals surface area contributed by atoms with Gasteiger partial charge in [-0.25, -0.2) is 4.79 Å². The summed E-state index contributed by atoms with van der Waals surface area (Å²) in [5.41, 5.74) is 5.40. The Morgan fingerprint density at radius 1 is 1.35 bits per heavy atom. The van der Waals surface area contributed by atoms with Gasteiger partial charge in [0, 0.05) is 19.5 Å². The fraction of sp³-hybridized carbons (Fsp3) is 0.455. The number of carbonyl (C=O) groups excluding carboxylic acids is 1. The number of carbonyl (C=O) groups is 3. The standard InChI is InChI=1S/C9H13N3O4.C2HF3O2/c1-12(5-8(13)14)9(15)7-4-6(2-3-10)16-11-7;3-2(4,5)1(6)7/h4H,2-3,5,10H2,1H3,(H,13,14);(H,6,7). The fourth-order valence-corrected chi connectivity index (χ4v) is 1.14. The van der Waals surface area contributed by atoms with E-state index in [1.165, 1.54) is 13.1 Å². The zero-order valence-corrected chi connectivity index (χ0v) is 11.8. The minimum Gasteiger partial charge on any atom is -0.480 e. The number of rotatable bonds is 5. The second kappa shape index (κ2) is 8.73. The summed E-state index contributed by atoms with van der Waals surface area (Å²) in [6.45, 7) is 0.0195. The van der Waals surface area contributed by atoms with E-state index in [1.54, 1.807) is 0 Å². The van der Waals surface area contributed by atoms with Crippen molar-refractivity contribution in [2.24, 2.45) is 5.73 Å². The maximum atomic E-state index is 11.6. The van der Waals surface area contributed by atoms with Gasteiger partial charge in [0.25, 0.3) is 5.91 Å². The highest BCUT2D eigenvalue weighted by Crippen LogP contribution is 2.13. The Hall–Kier alpha value is -2.63. The van der Waals surface area contributed by atoms with Crippen molar-refractivity contribution in [2.75, 3.05) is 20.1 Å². The van der Waals surface area contributed by atoms with Crippen LogP contribution in [-0.2, 0) is 16.0 Å². The highest BCUT2D eigenvalue weighted by atomic mass is 19.4. The number of carboxylic acids is 2. The Balaban J connectivity index is 0.000000585. The number of likely N-dealkylation sites (N-methyl/N-ethyl adjacent to an activating group) is 1. The molecule has 0 saturated carbocycles. The van der Waals surface area contributed by atoms with Crippen molar-refractivity contribution in [1.29, 1.82) is 0 Å². The molecule has 9 nitrogen and oxygen atoms in total. The Bertz CT molecular complexity index is 557. The van der Waals surface area contributed by atoms with Crippen molar-refractivity contribution in [3.8, 4) is 0 Å². The summed E-state index contributed by atoms with van der Waals surface area (Å²) in [5.74, 6) is -3.82. The zero-order valence-electron chi connectivity index (χ0n) is 11.8. The molecule has 1 aromatic rings. The van der Waals surface area contributed by atoms with Gasteiger partial charge in [-0.3, -0.25) is 9.59 Å². The van der Waals surface area contributed by atoms with Gasteiger partial charge in [-0.2, -0.15) is 13.2 Å². The van der Waals surface area contributed by atoms with Gasteiger partial charge >= 0.3 is 18.1 Å². The molecule has 0 radical (unpaired) electrons. The number of aromatic nitrogens is 1. The number of nitrogens with zero attached hydrogens (tertiary/aromatic N) is 2. The number of halogens is 3. The number of hydrogen-bond donors (Lipinski definition) is 3. The number of nitrogens with two attached hydrogens (primary N) is 1. The molecule has 0 fully saturated rings. The molecule has 12 heteroatoms. The molecular formula is C11H14F3N3O6. The Morgan fingerprint density at radius 2 is 1.87 bits per heavy atom. The number of hydrogen-bond acceptors (Lipinski definition) is 6. The fourth-order valence-electron chi connectivity index (χ4n) is 1.14. The first kappa shape index (κ1) is 20.4. The lowest BCUT2D eigenvalue weighted by atomic mass is 10.3. The van der Waals surface area contributed by atoms with Crippen molar-refractivity contribution < 1.29 is 42.3 Å². The van der Waals surface area contributed by atoms with Crippen LogP contribution in [0.2, 0.25) is 0 Å². The molecule has 130 valence electrons. The molecule has 0 aliphatic carbocycles. The molecule has 0 aromatic carbocycles. The summed E-state index contributed by atoms with van der Waals surface area (Å²) in [4.78, 5) is 31.9. The third-order valence-electron chi connectivity index (χ3n) is 2.13. The lowest BCUT2D eigenvalue weighted by Crippen LogP contribution is -2.32. The summed E-state index contributed by atoms with van der Waals surface area (Å²) >= 11 is 0. The van der Waals surface area contributed by atoms with E-state index in [0.717, 1.165) is 4.90 Å². The molecule has 4 N–H and O–H groups in total. The molecule has 1 heterocycles.